The maximum absolute atomic E-state index is 11.6. The summed E-state index contributed by atoms with van der Waals surface area (Å²) in [6, 6.07) is 0. The van der Waals surface area contributed by atoms with Crippen LogP contribution in [0.1, 0.15) is 6.42 Å². The molecule has 0 spiro atoms. The van der Waals surface area contributed by atoms with Crippen LogP contribution in [0.25, 0.3) is 0 Å². The molecule has 100 valence electrons. The van der Waals surface area contributed by atoms with Crippen LogP contribution >= 0.6 is 11.6 Å². The van der Waals surface area contributed by atoms with Crippen molar-refractivity contribution in [1.82, 2.24) is 15.3 Å². The number of carbonyl (C=O) groups is 1. The highest BCUT2D eigenvalue weighted by Gasteiger charge is 2.08. The van der Waals surface area contributed by atoms with E-state index in [1.807, 2.05) is 0 Å². The number of amides is 1. The molecule has 0 aliphatic heterocycles. The number of methoxy groups -OCH3 is 1. The maximum Gasteiger partial charge on any atom is 0.239 e. The fourth-order valence-electron chi connectivity index (χ4n) is 1.31. The lowest BCUT2D eigenvalue weighted by Gasteiger charge is -2.17. The number of nitrogens with one attached hydrogen (secondary N) is 1. The van der Waals surface area contributed by atoms with Crippen molar-refractivity contribution in [2.45, 2.75) is 6.42 Å². The molecule has 0 saturated carbocycles. The van der Waals surface area contributed by atoms with Crippen LogP contribution in [0.3, 0.4) is 0 Å². The van der Waals surface area contributed by atoms with E-state index in [-0.39, 0.29) is 12.5 Å². The molecular weight excluding hydrogens is 256 g/mol. The summed E-state index contributed by atoms with van der Waals surface area (Å²) in [5.41, 5.74) is 0. The van der Waals surface area contributed by atoms with Crippen molar-refractivity contribution < 1.29 is 9.53 Å². The number of aromatic nitrogens is 2. The lowest BCUT2D eigenvalue weighted by atomic mass is 10.4. The van der Waals surface area contributed by atoms with Crippen molar-refractivity contribution in [3.63, 3.8) is 0 Å². The Bertz CT molecular complexity index is 389. The molecule has 0 fully saturated rings. The number of halogens is 1. The molecule has 1 amide bonds. The first-order valence-corrected chi connectivity index (χ1v) is 5.95. The molecule has 0 aliphatic carbocycles. The molecule has 0 saturated heterocycles. The van der Waals surface area contributed by atoms with E-state index in [1.165, 1.54) is 6.20 Å². The minimum Gasteiger partial charge on any atom is -0.385 e. The van der Waals surface area contributed by atoms with Gasteiger partial charge in [-0.1, -0.05) is 11.6 Å². The summed E-state index contributed by atoms with van der Waals surface area (Å²) in [7, 11) is 3.39. The van der Waals surface area contributed by atoms with Gasteiger partial charge < -0.3 is 15.0 Å². The predicted octanol–water partition coefficient (Wildman–Crippen LogP) is 0.719. The van der Waals surface area contributed by atoms with Gasteiger partial charge in [0, 0.05) is 27.3 Å². The van der Waals surface area contributed by atoms with Gasteiger partial charge in [-0.05, 0) is 6.42 Å². The van der Waals surface area contributed by atoms with E-state index < -0.39 is 0 Å². The summed E-state index contributed by atoms with van der Waals surface area (Å²) in [5, 5.41) is 3.10. The van der Waals surface area contributed by atoms with Gasteiger partial charge in [0.15, 0.2) is 0 Å². The van der Waals surface area contributed by atoms with Gasteiger partial charge in [0.1, 0.15) is 11.0 Å². The fourth-order valence-corrected chi connectivity index (χ4v) is 1.46. The highest BCUT2D eigenvalue weighted by Crippen LogP contribution is 2.10. The zero-order valence-electron chi connectivity index (χ0n) is 10.5. The smallest absolute Gasteiger partial charge is 0.239 e. The van der Waals surface area contributed by atoms with Crippen LogP contribution in [0.5, 0.6) is 0 Å². The highest BCUT2D eigenvalue weighted by molar-refractivity contribution is 6.29. The van der Waals surface area contributed by atoms with Crippen LogP contribution in [0.15, 0.2) is 12.4 Å². The summed E-state index contributed by atoms with van der Waals surface area (Å²) in [5.74, 6) is 0.491. The Morgan fingerprint density at radius 3 is 3.00 bits per heavy atom. The van der Waals surface area contributed by atoms with Gasteiger partial charge in [-0.3, -0.25) is 9.78 Å². The number of hydrogen-bond acceptors (Lipinski definition) is 5. The first kappa shape index (κ1) is 14.7. The van der Waals surface area contributed by atoms with Crippen LogP contribution < -0.4 is 10.2 Å². The minimum absolute atomic E-state index is 0.0737. The second-order valence-electron chi connectivity index (χ2n) is 3.75. The SMILES string of the molecule is COCCCNC(=O)CN(C)c1cncc(Cl)n1. The van der Waals surface area contributed by atoms with E-state index in [0.29, 0.717) is 24.1 Å². The normalized spacial score (nSPS) is 10.2. The molecule has 1 N–H and O–H groups in total. The summed E-state index contributed by atoms with van der Waals surface area (Å²) in [6.45, 7) is 1.44. The standard InChI is InChI=1S/C11H17ClN4O2/c1-16(10-7-13-6-9(12)15-10)8-11(17)14-4-3-5-18-2/h6-7H,3-5,8H2,1-2H3,(H,14,17). The number of rotatable bonds is 7. The molecule has 1 aromatic heterocycles. The van der Waals surface area contributed by atoms with E-state index in [0.717, 1.165) is 6.42 Å². The van der Waals surface area contributed by atoms with Crippen molar-refractivity contribution in [2.24, 2.45) is 0 Å². The van der Waals surface area contributed by atoms with Gasteiger partial charge in [0.05, 0.1) is 18.9 Å². The molecule has 6 nitrogen and oxygen atoms in total. The van der Waals surface area contributed by atoms with Gasteiger partial charge in [-0.2, -0.15) is 0 Å². The third-order valence-corrected chi connectivity index (χ3v) is 2.39. The molecule has 0 bridgehead atoms. The third-order valence-electron chi connectivity index (χ3n) is 2.21. The zero-order valence-corrected chi connectivity index (χ0v) is 11.3. The predicted molar refractivity (Wildman–Crippen MR) is 69.8 cm³/mol. The first-order chi connectivity index (χ1) is 8.63. The van der Waals surface area contributed by atoms with Crippen LogP contribution in [0, 0.1) is 0 Å². The Morgan fingerprint density at radius 1 is 1.56 bits per heavy atom. The number of hydrogen-bond donors (Lipinski definition) is 1. The van der Waals surface area contributed by atoms with Crippen LogP contribution in [-0.4, -0.2) is 49.7 Å². The minimum atomic E-state index is -0.0737. The number of nitrogens with zero attached hydrogens (tertiary/aromatic N) is 3. The monoisotopic (exact) mass is 272 g/mol. The molecule has 0 radical (unpaired) electrons. The Labute approximate surface area is 111 Å². The van der Waals surface area contributed by atoms with Crippen molar-refractivity contribution >= 4 is 23.3 Å². The molecule has 0 atom stereocenters. The Balaban J connectivity index is 2.35. The van der Waals surface area contributed by atoms with Gasteiger partial charge in [-0.25, -0.2) is 4.98 Å². The molecule has 1 heterocycles. The van der Waals surface area contributed by atoms with Crippen molar-refractivity contribution in [3.8, 4) is 0 Å². The number of ether oxygens (including phenoxy) is 1. The van der Waals surface area contributed by atoms with Crippen LogP contribution in [0.2, 0.25) is 5.15 Å². The largest absolute Gasteiger partial charge is 0.385 e. The van der Waals surface area contributed by atoms with E-state index >= 15 is 0 Å². The van der Waals surface area contributed by atoms with E-state index in [4.69, 9.17) is 16.3 Å². The average Bonchev–Trinajstić information content (AvgIpc) is 2.34. The highest BCUT2D eigenvalue weighted by atomic mass is 35.5. The Morgan fingerprint density at radius 2 is 2.33 bits per heavy atom. The fraction of sp³-hybridized carbons (Fsp3) is 0.545. The second-order valence-corrected chi connectivity index (χ2v) is 4.14. The van der Waals surface area contributed by atoms with Crippen LogP contribution in [0.4, 0.5) is 5.82 Å². The molecule has 1 aromatic rings. The maximum atomic E-state index is 11.6. The van der Waals surface area contributed by atoms with Crippen molar-refractivity contribution in [1.29, 1.82) is 0 Å². The van der Waals surface area contributed by atoms with E-state index in [2.05, 4.69) is 15.3 Å². The second kappa shape index (κ2) is 7.84. The number of likely N-dealkylation sites (N-methyl/N-ethyl adjacent to an activating group) is 1. The van der Waals surface area contributed by atoms with E-state index in [9.17, 15) is 4.79 Å². The summed E-state index contributed by atoms with van der Waals surface area (Å²) >= 11 is 5.73. The van der Waals surface area contributed by atoms with Gasteiger partial charge in [0.25, 0.3) is 0 Å². The van der Waals surface area contributed by atoms with Gasteiger partial charge in [0.2, 0.25) is 5.91 Å². The van der Waals surface area contributed by atoms with Crippen molar-refractivity contribution in [3.05, 3.63) is 17.5 Å². The molecule has 0 aromatic carbocycles. The lowest BCUT2D eigenvalue weighted by Crippen LogP contribution is -2.36. The van der Waals surface area contributed by atoms with Gasteiger partial charge in [-0.15, -0.1) is 0 Å². The van der Waals surface area contributed by atoms with Gasteiger partial charge >= 0.3 is 0 Å². The molecule has 7 heteroatoms. The summed E-state index contributed by atoms with van der Waals surface area (Å²) in [4.78, 5) is 21.3. The number of carbonyl (C=O) groups excluding carboxylic acids is 1. The number of anilines is 1. The Hall–Kier alpha value is -1.40. The van der Waals surface area contributed by atoms with Crippen molar-refractivity contribution in [2.75, 3.05) is 38.8 Å². The molecule has 1 rings (SSSR count). The molecular formula is C11H17ClN4O2. The lowest BCUT2D eigenvalue weighted by molar-refractivity contribution is -0.119. The topological polar surface area (TPSA) is 67.3 Å². The summed E-state index contributed by atoms with van der Waals surface area (Å²) < 4.78 is 4.89. The quantitative estimate of drug-likeness (QED) is 0.741. The first-order valence-electron chi connectivity index (χ1n) is 5.58. The zero-order chi connectivity index (χ0) is 13.4. The summed E-state index contributed by atoms with van der Waals surface area (Å²) in [6.07, 6.45) is 3.80. The molecule has 0 unspecified atom stereocenters. The molecule has 0 aliphatic rings. The van der Waals surface area contributed by atoms with Crippen LogP contribution in [-0.2, 0) is 9.53 Å². The average molecular weight is 273 g/mol. The van der Waals surface area contributed by atoms with E-state index in [1.54, 1.807) is 25.3 Å². The Kier molecular flexibility index (Phi) is 6.38. The molecule has 18 heavy (non-hydrogen) atoms. The third kappa shape index (κ3) is 5.29.